The van der Waals surface area contributed by atoms with Crippen LogP contribution in [-0.2, 0) is 4.79 Å². The quantitative estimate of drug-likeness (QED) is 0.908. The molecule has 4 nitrogen and oxygen atoms in total. The molecule has 3 rings (SSSR count). The molecular weight excluding hydrogens is 337 g/mol. The molecule has 0 radical (unpaired) electrons. The molecule has 2 atom stereocenters. The lowest BCUT2D eigenvalue weighted by atomic mass is 10.1. The number of rotatable bonds is 3. The summed E-state index contributed by atoms with van der Waals surface area (Å²) in [6.45, 7) is 2.02. The molecule has 1 N–H and O–H groups in total. The van der Waals surface area contributed by atoms with Crippen molar-refractivity contribution in [3.8, 4) is 11.5 Å². The summed E-state index contributed by atoms with van der Waals surface area (Å²) >= 11 is 12.1. The van der Waals surface area contributed by atoms with Gasteiger partial charge in [-0.1, -0.05) is 41.4 Å². The molecule has 1 amide bonds. The average Bonchev–Trinajstić information content (AvgIpc) is 2.54. The van der Waals surface area contributed by atoms with Gasteiger partial charge < -0.3 is 14.8 Å². The van der Waals surface area contributed by atoms with E-state index in [0.717, 1.165) is 5.56 Å². The van der Waals surface area contributed by atoms with Gasteiger partial charge >= 0.3 is 0 Å². The fourth-order valence-corrected chi connectivity index (χ4v) is 2.96. The fourth-order valence-electron chi connectivity index (χ4n) is 2.39. The lowest BCUT2D eigenvalue weighted by Crippen LogP contribution is -2.44. The third-order valence-electron chi connectivity index (χ3n) is 3.59. The van der Waals surface area contributed by atoms with Crippen LogP contribution in [0.2, 0.25) is 10.0 Å². The zero-order valence-corrected chi connectivity index (χ0v) is 13.9. The van der Waals surface area contributed by atoms with E-state index in [1.165, 1.54) is 0 Å². The first kappa shape index (κ1) is 16.0. The van der Waals surface area contributed by atoms with Gasteiger partial charge in [0.1, 0.15) is 6.61 Å². The van der Waals surface area contributed by atoms with Crippen molar-refractivity contribution < 1.29 is 14.3 Å². The molecule has 1 aliphatic heterocycles. The van der Waals surface area contributed by atoms with Crippen LogP contribution >= 0.6 is 23.2 Å². The molecule has 120 valence electrons. The predicted octanol–water partition coefficient (Wildman–Crippen LogP) is 4.01. The van der Waals surface area contributed by atoms with Crippen molar-refractivity contribution in [1.29, 1.82) is 0 Å². The van der Waals surface area contributed by atoms with Gasteiger partial charge in [-0.3, -0.25) is 4.79 Å². The lowest BCUT2D eigenvalue weighted by Gasteiger charge is -2.27. The highest BCUT2D eigenvalue weighted by atomic mass is 35.5. The van der Waals surface area contributed by atoms with Gasteiger partial charge in [0.25, 0.3) is 5.91 Å². The molecule has 0 saturated heterocycles. The van der Waals surface area contributed by atoms with Gasteiger partial charge in [0.15, 0.2) is 11.5 Å². The summed E-state index contributed by atoms with van der Waals surface area (Å²) < 4.78 is 11.2. The zero-order valence-electron chi connectivity index (χ0n) is 12.4. The second-order valence-electron chi connectivity index (χ2n) is 5.26. The normalized spacial score (nSPS) is 17.4. The van der Waals surface area contributed by atoms with Crippen molar-refractivity contribution in [2.24, 2.45) is 0 Å². The molecule has 2 unspecified atom stereocenters. The molecule has 23 heavy (non-hydrogen) atoms. The maximum absolute atomic E-state index is 12.4. The topological polar surface area (TPSA) is 47.6 Å². The number of benzene rings is 2. The predicted molar refractivity (Wildman–Crippen MR) is 89.4 cm³/mol. The number of nitrogens with one attached hydrogen (secondary N) is 1. The van der Waals surface area contributed by atoms with Crippen LogP contribution < -0.4 is 14.8 Å². The Kier molecular flexibility index (Phi) is 4.64. The number of fused-ring (bicyclic) bond motifs is 1. The van der Waals surface area contributed by atoms with Crippen LogP contribution in [0.1, 0.15) is 18.5 Å². The van der Waals surface area contributed by atoms with Gasteiger partial charge in [-0.15, -0.1) is 0 Å². The highest BCUT2D eigenvalue weighted by Gasteiger charge is 2.28. The Balaban J connectivity index is 1.68. The summed E-state index contributed by atoms with van der Waals surface area (Å²) in [6.07, 6.45) is -0.696. The maximum atomic E-state index is 12.4. The van der Waals surface area contributed by atoms with Crippen LogP contribution in [0.25, 0.3) is 0 Å². The summed E-state index contributed by atoms with van der Waals surface area (Å²) in [5.41, 5.74) is 0.793. The number of para-hydroxylation sites is 2. The van der Waals surface area contributed by atoms with E-state index in [-0.39, 0.29) is 18.6 Å². The lowest BCUT2D eigenvalue weighted by molar-refractivity contribution is -0.131. The van der Waals surface area contributed by atoms with Crippen molar-refractivity contribution in [3.63, 3.8) is 0 Å². The van der Waals surface area contributed by atoms with E-state index in [2.05, 4.69) is 5.32 Å². The van der Waals surface area contributed by atoms with Gasteiger partial charge in [0.2, 0.25) is 6.10 Å². The summed E-state index contributed by atoms with van der Waals surface area (Å²) in [5, 5.41) is 3.95. The van der Waals surface area contributed by atoms with E-state index < -0.39 is 6.10 Å². The van der Waals surface area contributed by atoms with Crippen molar-refractivity contribution in [3.05, 3.63) is 58.1 Å². The van der Waals surface area contributed by atoms with Crippen molar-refractivity contribution in [2.75, 3.05) is 6.61 Å². The molecule has 0 bridgehead atoms. The van der Waals surface area contributed by atoms with Crippen molar-refractivity contribution in [2.45, 2.75) is 19.1 Å². The SMILES string of the molecule is CC(NC(=O)C1COc2ccccc2O1)c1ccc(Cl)cc1Cl. The average molecular weight is 352 g/mol. The van der Waals surface area contributed by atoms with Crippen LogP contribution in [0.15, 0.2) is 42.5 Å². The molecule has 2 aromatic carbocycles. The highest BCUT2D eigenvalue weighted by Crippen LogP contribution is 2.31. The number of amides is 1. The largest absolute Gasteiger partial charge is 0.485 e. The molecule has 1 heterocycles. The molecule has 0 saturated carbocycles. The number of ether oxygens (including phenoxy) is 2. The standard InChI is InChI=1S/C17H15Cl2NO3/c1-10(12-7-6-11(18)8-13(12)19)20-17(21)16-9-22-14-4-2-3-5-15(14)23-16/h2-8,10,16H,9H2,1H3,(H,20,21). The zero-order chi connectivity index (χ0) is 16.4. The Labute approximate surface area is 144 Å². The number of carbonyl (C=O) groups excluding carboxylic acids is 1. The fraction of sp³-hybridized carbons (Fsp3) is 0.235. The summed E-state index contributed by atoms with van der Waals surface area (Å²) in [7, 11) is 0. The second-order valence-corrected chi connectivity index (χ2v) is 6.10. The maximum Gasteiger partial charge on any atom is 0.265 e. The summed E-state index contributed by atoms with van der Waals surface area (Å²) in [6, 6.07) is 12.2. The number of hydrogen-bond acceptors (Lipinski definition) is 3. The van der Waals surface area contributed by atoms with Crippen LogP contribution in [-0.4, -0.2) is 18.6 Å². The minimum absolute atomic E-state index is 0.171. The van der Waals surface area contributed by atoms with Gasteiger partial charge in [-0.25, -0.2) is 0 Å². The van der Waals surface area contributed by atoms with Crippen molar-refractivity contribution >= 4 is 29.1 Å². The van der Waals surface area contributed by atoms with Crippen molar-refractivity contribution in [1.82, 2.24) is 5.32 Å². The Morgan fingerprint density at radius 2 is 1.96 bits per heavy atom. The second kappa shape index (κ2) is 6.69. The van der Waals surface area contributed by atoms with Crippen LogP contribution in [0.5, 0.6) is 11.5 Å². The highest BCUT2D eigenvalue weighted by molar-refractivity contribution is 6.35. The molecule has 6 heteroatoms. The molecule has 1 aliphatic rings. The van der Waals surface area contributed by atoms with E-state index in [0.29, 0.717) is 21.5 Å². The first-order valence-electron chi connectivity index (χ1n) is 7.18. The number of carbonyl (C=O) groups is 1. The summed E-state index contributed by atoms with van der Waals surface area (Å²) in [4.78, 5) is 12.4. The van der Waals surface area contributed by atoms with E-state index in [4.69, 9.17) is 32.7 Å². The molecule has 0 aromatic heterocycles. The molecule has 2 aromatic rings. The monoisotopic (exact) mass is 351 g/mol. The van der Waals surface area contributed by atoms with E-state index in [9.17, 15) is 4.79 Å². The first-order valence-corrected chi connectivity index (χ1v) is 7.94. The van der Waals surface area contributed by atoms with Gasteiger partial charge in [0.05, 0.1) is 6.04 Å². The molecular formula is C17H15Cl2NO3. The van der Waals surface area contributed by atoms with E-state index in [1.54, 1.807) is 30.3 Å². The first-order chi connectivity index (χ1) is 11.0. The molecule has 0 fully saturated rings. The van der Waals surface area contributed by atoms with Crippen LogP contribution in [0, 0.1) is 0 Å². The number of hydrogen-bond donors (Lipinski definition) is 1. The Morgan fingerprint density at radius 1 is 1.22 bits per heavy atom. The number of halogens is 2. The smallest absolute Gasteiger partial charge is 0.265 e. The van der Waals surface area contributed by atoms with Gasteiger partial charge in [0, 0.05) is 10.0 Å². The van der Waals surface area contributed by atoms with Crippen LogP contribution in [0.3, 0.4) is 0 Å². The van der Waals surface area contributed by atoms with Crippen LogP contribution in [0.4, 0.5) is 0 Å². The summed E-state index contributed by atoms with van der Waals surface area (Å²) in [5.74, 6) is 0.958. The van der Waals surface area contributed by atoms with Gasteiger partial charge in [-0.05, 0) is 36.8 Å². The minimum Gasteiger partial charge on any atom is -0.485 e. The molecule has 0 spiro atoms. The Hall–Kier alpha value is -1.91. The van der Waals surface area contributed by atoms with E-state index >= 15 is 0 Å². The van der Waals surface area contributed by atoms with E-state index in [1.807, 2.05) is 19.1 Å². The Bertz CT molecular complexity index is 736. The third kappa shape index (κ3) is 3.54. The third-order valence-corrected chi connectivity index (χ3v) is 4.15. The molecule has 0 aliphatic carbocycles. The van der Waals surface area contributed by atoms with Gasteiger partial charge in [-0.2, -0.15) is 0 Å². The minimum atomic E-state index is -0.696. The Morgan fingerprint density at radius 3 is 2.70 bits per heavy atom.